The van der Waals surface area contributed by atoms with Crippen molar-refractivity contribution in [2.75, 3.05) is 17.3 Å². The smallest absolute Gasteiger partial charge is 0.340 e. The number of oxime groups is 3. The molecule has 1 amide bonds. The first-order valence-corrected chi connectivity index (χ1v) is 39.9. The van der Waals surface area contributed by atoms with Gasteiger partial charge in [0.05, 0.1) is 54.7 Å². The number of ether oxygens (including phenoxy) is 1. The normalized spacial score (nSPS) is 21.1. The number of amides is 1. The van der Waals surface area contributed by atoms with Gasteiger partial charge in [0.1, 0.15) is 17.3 Å². The lowest BCUT2D eigenvalue weighted by atomic mass is 10.3. The van der Waals surface area contributed by atoms with Gasteiger partial charge in [-0.1, -0.05) is 107 Å². The van der Waals surface area contributed by atoms with Gasteiger partial charge in [0, 0.05) is 166 Å². The molecule has 40 heteroatoms. The van der Waals surface area contributed by atoms with E-state index in [1.54, 1.807) is 62.9 Å². The second-order valence-electron chi connectivity index (χ2n) is 21.8. The van der Waals surface area contributed by atoms with Gasteiger partial charge in [-0.25, -0.2) is 29.5 Å². The van der Waals surface area contributed by atoms with Crippen LogP contribution in [-0.2, 0) is 33.1 Å². The Morgan fingerprint density at radius 2 is 1.24 bits per heavy atom. The minimum atomic E-state index is -0.252. The average molecular weight is 1590 g/mol. The maximum absolute atomic E-state index is 10.6. The topological polar surface area (TPSA) is 396 Å². The van der Waals surface area contributed by atoms with Gasteiger partial charge in [-0.15, -0.1) is 14.6 Å². The minimum absolute atomic E-state index is 0.0579. The van der Waals surface area contributed by atoms with Crippen molar-refractivity contribution in [2.24, 2.45) is 75.1 Å². The van der Waals surface area contributed by atoms with Crippen LogP contribution in [0.1, 0.15) is 141 Å². The van der Waals surface area contributed by atoms with E-state index < -0.39 is 0 Å². The van der Waals surface area contributed by atoms with E-state index in [0.29, 0.717) is 35.7 Å². The van der Waals surface area contributed by atoms with Crippen molar-refractivity contribution in [1.29, 1.82) is 0 Å². The van der Waals surface area contributed by atoms with Gasteiger partial charge < -0.3 is 38.1 Å². The number of carbonyl (C=O) groups excluding carboxylic acids is 2. The molecule has 15 rings (SSSR count). The van der Waals surface area contributed by atoms with Gasteiger partial charge in [0.2, 0.25) is 23.6 Å². The van der Waals surface area contributed by atoms with Crippen LogP contribution in [0.2, 0.25) is 0 Å². The summed E-state index contributed by atoms with van der Waals surface area (Å²) in [5.41, 5.74) is 21.1. The molecule has 14 aliphatic rings. The van der Waals surface area contributed by atoms with E-state index in [1.807, 2.05) is 76.2 Å². The van der Waals surface area contributed by atoms with Gasteiger partial charge in [-0.3, -0.25) is 25.3 Å². The van der Waals surface area contributed by atoms with Crippen molar-refractivity contribution in [3.63, 3.8) is 0 Å². The van der Waals surface area contributed by atoms with Crippen LogP contribution in [0.5, 0.6) is 0 Å². The third-order valence-corrected chi connectivity index (χ3v) is 18.6. The zero-order chi connectivity index (χ0) is 78.3. The van der Waals surface area contributed by atoms with Crippen LogP contribution in [0, 0.1) is 6.92 Å². The Bertz CT molecular complexity index is 3350. The number of aryl methyl sites for hydroxylation is 1. The predicted molar refractivity (Wildman–Crippen MR) is 456 cm³/mol. The molecule has 0 aliphatic carbocycles. The highest BCUT2D eigenvalue weighted by Crippen LogP contribution is 2.35. The van der Waals surface area contributed by atoms with Crippen molar-refractivity contribution in [3.8, 4) is 0 Å². The highest BCUT2D eigenvalue weighted by Gasteiger charge is 2.22. The lowest BCUT2D eigenvalue weighted by Gasteiger charge is -1.89. The Labute approximate surface area is 638 Å². The second kappa shape index (κ2) is 53.2. The fraction of sp³-hybridized carbons (Fsp3) is 0.391. The Kier molecular flexibility index (Phi) is 47.7. The summed E-state index contributed by atoms with van der Waals surface area (Å²) in [7, 11) is 1.81. The van der Waals surface area contributed by atoms with Gasteiger partial charge in [0.15, 0.2) is 5.82 Å². The lowest BCUT2D eigenvalue weighted by molar-refractivity contribution is -0.140. The molecule has 0 bridgehead atoms. The summed E-state index contributed by atoms with van der Waals surface area (Å²) in [5, 5.41) is 49.3. The largest absolute Gasteiger partial charge is 0.425 e. The van der Waals surface area contributed by atoms with E-state index in [4.69, 9.17) is 9.02 Å². The first-order valence-electron chi connectivity index (χ1n) is 30.7. The molecule has 0 radical (unpaired) electrons. The molecule has 32 nitrogen and oxygen atoms in total. The van der Waals surface area contributed by atoms with Crippen LogP contribution in [0.3, 0.4) is 0 Å². The third-order valence-electron chi connectivity index (χ3n) is 10.7. The molecule has 1 saturated heterocycles. The molecule has 15 heterocycles. The lowest BCUT2D eigenvalue weighted by Crippen LogP contribution is -2.18. The number of hydrogen-bond donors (Lipinski definition) is 8. The van der Waals surface area contributed by atoms with Crippen LogP contribution < -0.4 is 42.2 Å². The molecule has 570 valence electrons. The monoisotopic (exact) mass is 1590 g/mol. The first-order chi connectivity index (χ1) is 48.9. The number of nitrogens with zero attached hydrogens (tertiary/aromatic N) is 15. The standard InChI is InChI=1S/C5H8N2.C5H7NOS.C5H7NO.C5H7NS.2C4H6N2O.C4H8N2S.2C4H6N2S.2C4H6N2.2C4H5NO2.C4H7NOS.C4H7NS2/c1-4-3-5(2)7-6-4;1-3-5(7)6-4(2)8-3;2*1-4-3-5(2)7-6-4;1-3-5-6-4(2)7-3;1-3-5-4(2)7-6-3;1-4-3-7(2)6-5-4;1-3-5-6-4(2)7-3;1-3-5-4(2)7-6-3;2*1-4-2-3-5-6-4;1-3-2-4(6)5-7-3;1-3-2-4(6)7-5-3;2*1-4-3-7(2)6-5-4/h6H,1,3H2,2H3;3H,2H2,1H3,(H,6,7);2*2-3H2,1H3;5H,1H2,2H3;6H,1H2,2H3;6H,2-3H2,1H3;5H,1H2,2H3;6H,1H2,2H3;2*3H,2H2,1H3;2H,1H3,(H,5,6);2H2,1H3;2*2-3H2,1H3. The van der Waals surface area contributed by atoms with Crippen LogP contribution >= 0.6 is 89.4 Å². The number of carbonyl (C=O) groups is 2. The van der Waals surface area contributed by atoms with Crippen molar-refractivity contribution < 1.29 is 37.6 Å². The summed E-state index contributed by atoms with van der Waals surface area (Å²) < 4.78 is 25.1. The zero-order valence-electron chi connectivity index (χ0n) is 61.6. The van der Waals surface area contributed by atoms with E-state index in [9.17, 15) is 14.4 Å². The minimum Gasteiger partial charge on any atom is -0.425 e. The number of aliphatic imine (C=N–C) groups is 2. The van der Waals surface area contributed by atoms with E-state index in [0.717, 1.165) is 126 Å². The molecule has 14 aliphatic heterocycles. The summed E-state index contributed by atoms with van der Waals surface area (Å²) >= 11 is 6.04. The zero-order valence-corrected chi connectivity index (χ0v) is 68.1. The predicted octanol–water partition coefficient (Wildman–Crippen LogP) is 13.5. The molecular formula is C64H97N23O9S8. The molecule has 0 saturated carbocycles. The number of hydrazone groups is 4. The molecule has 0 aromatic carbocycles. The maximum atomic E-state index is 10.6. The van der Waals surface area contributed by atoms with E-state index in [-0.39, 0.29) is 53.6 Å². The van der Waals surface area contributed by atoms with Crippen LogP contribution in [0.25, 0.3) is 0 Å². The van der Waals surface area contributed by atoms with Crippen LogP contribution in [-0.4, -0.2) is 143 Å². The SMILES string of the molecule is C=C1CC(C)=NN1.C=C1CC(C)=NO1.C=C1CC(C)=NS1.C=C1N=C(C)ON1.C=C1N=C(C)SN1.C=C1NC(=O)C(C)S1.C=C1NN=C(C)O1.C=C1NN=C(C)S1.C=S1CC(C)=NN1.C=S1CC(C)=NO1.C=S1CC(C)=NS1.CC1=NN=CC1.CC1=NN=CC1.CC1=NOC(=O)C1.Cc1cc(=O)[nH]o1. The van der Waals surface area contributed by atoms with Crippen molar-refractivity contribution >= 4 is 205 Å². The summed E-state index contributed by atoms with van der Waals surface area (Å²) in [4.78, 5) is 56.2. The highest BCUT2D eigenvalue weighted by atomic mass is 33.1. The number of allylic oxidation sites excluding steroid dienone is 3. The van der Waals surface area contributed by atoms with Crippen molar-refractivity contribution in [2.45, 2.75) is 148 Å². The molecule has 0 spiro atoms. The number of rotatable bonds is 0. The molecular weight excluding hydrogens is 1490 g/mol. The number of H-pyrrole nitrogens is 1. The summed E-state index contributed by atoms with van der Waals surface area (Å²) in [6, 6.07) is 1.39. The number of hydrogen-bond acceptors (Lipinski definition) is 35. The highest BCUT2D eigenvalue weighted by molar-refractivity contribution is 8.83. The first kappa shape index (κ1) is 93.3. The quantitative estimate of drug-likeness (QED) is 0.0517. The molecule has 1 aromatic heterocycles. The Morgan fingerprint density at radius 3 is 1.38 bits per heavy atom. The van der Waals surface area contributed by atoms with Gasteiger partial charge in [-0.05, 0) is 102 Å². The maximum Gasteiger partial charge on any atom is 0.340 e. The van der Waals surface area contributed by atoms with Gasteiger partial charge >= 0.3 is 5.97 Å². The van der Waals surface area contributed by atoms with Crippen molar-refractivity contribution in [1.82, 2.24) is 41.8 Å². The number of hydroxylamine groups is 1. The third kappa shape index (κ3) is 50.7. The number of nitrogens with one attached hydrogen (secondary N) is 8. The fourth-order valence-electron chi connectivity index (χ4n) is 6.30. The van der Waals surface area contributed by atoms with E-state index >= 15 is 0 Å². The molecule has 4 unspecified atom stereocenters. The van der Waals surface area contributed by atoms with Crippen LogP contribution in [0.4, 0.5) is 0 Å². The molecule has 4 atom stereocenters. The van der Waals surface area contributed by atoms with E-state index in [2.05, 4.69) is 206 Å². The van der Waals surface area contributed by atoms with E-state index in [1.165, 1.54) is 58.9 Å². The summed E-state index contributed by atoms with van der Waals surface area (Å²) in [6.45, 7) is 57.3. The van der Waals surface area contributed by atoms with Gasteiger partial charge in [-0.2, -0.15) is 45.9 Å². The Hall–Kier alpha value is -8.67. The fourth-order valence-corrected chi connectivity index (χ4v) is 12.7. The van der Waals surface area contributed by atoms with Crippen molar-refractivity contribution in [3.05, 3.63) is 119 Å². The summed E-state index contributed by atoms with van der Waals surface area (Å²) in [5.74, 6) is 18.6. The number of aromatic nitrogens is 1. The van der Waals surface area contributed by atoms with Gasteiger partial charge in [0.25, 0.3) is 5.56 Å². The Morgan fingerprint density at radius 1 is 0.587 bits per heavy atom. The second-order valence-corrected chi connectivity index (χ2v) is 32.6. The number of aromatic amines is 1. The summed E-state index contributed by atoms with van der Waals surface area (Å²) in [6.07, 6.45) is 8.56. The molecule has 1 fully saturated rings. The molecule has 104 heavy (non-hydrogen) atoms. The van der Waals surface area contributed by atoms with Crippen LogP contribution in [0.15, 0.2) is 187 Å². The molecule has 1 aromatic rings. The molecule has 8 N–H and O–H groups in total. The number of thioether (sulfide) groups is 2. The Balaban J connectivity index is 0.000000557. The average Bonchev–Trinajstić information content (AvgIpc) is 1.77.